The fourth-order valence-electron chi connectivity index (χ4n) is 1.46. The number of rotatable bonds is 4. The van der Waals surface area contributed by atoms with Crippen LogP contribution in [0.5, 0.6) is 0 Å². The van der Waals surface area contributed by atoms with Crippen LogP contribution in [0.4, 0.5) is 4.79 Å². The summed E-state index contributed by atoms with van der Waals surface area (Å²) in [7, 11) is 0. The minimum atomic E-state index is -1.57. The molecule has 0 aliphatic rings. The number of aromatic nitrogens is 2. The smallest absolute Gasteiger partial charge is 0.407 e. The van der Waals surface area contributed by atoms with Gasteiger partial charge < -0.3 is 25.3 Å². The van der Waals surface area contributed by atoms with E-state index in [4.69, 9.17) is 4.74 Å². The molecule has 9 nitrogen and oxygen atoms in total. The first-order valence-corrected chi connectivity index (χ1v) is 6.25. The zero-order valence-electron chi connectivity index (χ0n) is 12.0. The van der Waals surface area contributed by atoms with Crippen molar-refractivity contribution in [2.75, 3.05) is 6.54 Å². The Balaban J connectivity index is 2.63. The number of aliphatic hydroxyl groups excluding tert-OH is 2. The van der Waals surface area contributed by atoms with Crippen LogP contribution in [-0.4, -0.2) is 44.5 Å². The van der Waals surface area contributed by atoms with Crippen LogP contribution in [0.15, 0.2) is 15.8 Å². The summed E-state index contributed by atoms with van der Waals surface area (Å²) in [5.74, 6) is 0. The highest BCUT2D eigenvalue weighted by molar-refractivity contribution is 5.67. The van der Waals surface area contributed by atoms with Crippen LogP contribution in [0, 0.1) is 0 Å². The van der Waals surface area contributed by atoms with Gasteiger partial charge in [0.25, 0.3) is 5.56 Å². The van der Waals surface area contributed by atoms with Gasteiger partial charge in [-0.1, -0.05) is 0 Å². The van der Waals surface area contributed by atoms with Gasteiger partial charge in [0.1, 0.15) is 17.8 Å². The standard InChI is InChI=1S/C12H19N3O6/c1-12(2,3)21-11(20)14-5-7(16)8(17)6-4-13-10(19)15-9(6)18/h4,7-8,16-17H,5H2,1-3H3,(H,14,20)(H2,13,15,18,19). The van der Waals surface area contributed by atoms with E-state index < -0.39 is 35.2 Å². The van der Waals surface area contributed by atoms with Gasteiger partial charge in [-0.05, 0) is 20.8 Å². The van der Waals surface area contributed by atoms with E-state index in [1.807, 2.05) is 4.98 Å². The number of hydrogen-bond donors (Lipinski definition) is 5. The van der Waals surface area contributed by atoms with Gasteiger partial charge >= 0.3 is 11.8 Å². The summed E-state index contributed by atoms with van der Waals surface area (Å²) in [6.45, 7) is 4.71. The number of amides is 1. The molecule has 1 aromatic heterocycles. The number of ether oxygens (including phenoxy) is 1. The summed E-state index contributed by atoms with van der Waals surface area (Å²) >= 11 is 0. The molecule has 5 N–H and O–H groups in total. The molecule has 9 heteroatoms. The molecular formula is C12H19N3O6. The largest absolute Gasteiger partial charge is 0.444 e. The van der Waals surface area contributed by atoms with Crippen molar-refractivity contribution in [3.63, 3.8) is 0 Å². The van der Waals surface area contributed by atoms with Crippen LogP contribution in [0.1, 0.15) is 32.4 Å². The summed E-state index contributed by atoms with van der Waals surface area (Å²) in [5.41, 5.74) is -2.45. The normalized spacial score (nSPS) is 14.3. The minimum absolute atomic E-state index is 0.215. The third-order valence-corrected chi connectivity index (χ3v) is 2.39. The molecule has 21 heavy (non-hydrogen) atoms. The topological polar surface area (TPSA) is 145 Å². The highest BCUT2D eigenvalue weighted by atomic mass is 16.6. The second-order valence-corrected chi connectivity index (χ2v) is 5.42. The number of carbonyl (C=O) groups excluding carboxylic acids is 1. The van der Waals surface area contributed by atoms with Gasteiger partial charge in [0.2, 0.25) is 0 Å². The summed E-state index contributed by atoms with van der Waals surface area (Å²) < 4.78 is 4.95. The Morgan fingerprint density at radius 1 is 1.38 bits per heavy atom. The van der Waals surface area contributed by atoms with Crippen molar-refractivity contribution in [2.24, 2.45) is 0 Å². The van der Waals surface area contributed by atoms with Gasteiger partial charge in [0.15, 0.2) is 0 Å². The monoisotopic (exact) mass is 301 g/mol. The van der Waals surface area contributed by atoms with E-state index in [-0.39, 0.29) is 12.1 Å². The SMILES string of the molecule is CC(C)(C)OC(=O)NCC(O)C(O)c1c[nH]c(=O)[nH]c1=O. The maximum Gasteiger partial charge on any atom is 0.407 e. The minimum Gasteiger partial charge on any atom is -0.444 e. The Hall–Kier alpha value is -2.13. The van der Waals surface area contributed by atoms with E-state index >= 15 is 0 Å². The quantitative estimate of drug-likeness (QED) is 0.481. The Morgan fingerprint density at radius 2 is 2.00 bits per heavy atom. The lowest BCUT2D eigenvalue weighted by atomic mass is 10.1. The van der Waals surface area contributed by atoms with Gasteiger partial charge in [-0.3, -0.25) is 9.78 Å². The van der Waals surface area contributed by atoms with Gasteiger partial charge in [-0.25, -0.2) is 9.59 Å². The van der Waals surface area contributed by atoms with Crippen LogP contribution in [0.2, 0.25) is 0 Å². The highest BCUT2D eigenvalue weighted by Gasteiger charge is 2.23. The molecule has 2 atom stereocenters. The van der Waals surface area contributed by atoms with Crippen molar-refractivity contribution in [1.82, 2.24) is 15.3 Å². The van der Waals surface area contributed by atoms with E-state index in [1.165, 1.54) is 0 Å². The fourth-order valence-corrected chi connectivity index (χ4v) is 1.46. The molecule has 1 rings (SSSR count). The molecule has 0 radical (unpaired) electrons. The second-order valence-electron chi connectivity index (χ2n) is 5.42. The molecule has 1 aromatic rings. The van der Waals surface area contributed by atoms with Crippen LogP contribution in [0.3, 0.4) is 0 Å². The van der Waals surface area contributed by atoms with Crippen molar-refractivity contribution in [3.05, 3.63) is 32.6 Å². The summed E-state index contributed by atoms with van der Waals surface area (Å²) in [5, 5.41) is 21.8. The van der Waals surface area contributed by atoms with Crippen molar-refractivity contribution in [3.8, 4) is 0 Å². The molecule has 1 amide bonds. The number of aliphatic hydroxyl groups is 2. The molecular weight excluding hydrogens is 282 g/mol. The molecule has 0 bridgehead atoms. The number of H-pyrrole nitrogens is 2. The van der Waals surface area contributed by atoms with Crippen molar-refractivity contribution < 1.29 is 19.7 Å². The number of nitrogens with one attached hydrogen (secondary N) is 3. The lowest BCUT2D eigenvalue weighted by molar-refractivity contribution is 0.0121. The van der Waals surface area contributed by atoms with Crippen LogP contribution < -0.4 is 16.6 Å². The van der Waals surface area contributed by atoms with Crippen molar-refractivity contribution in [1.29, 1.82) is 0 Å². The van der Waals surface area contributed by atoms with Gasteiger partial charge in [-0.15, -0.1) is 0 Å². The number of carbonyl (C=O) groups is 1. The van der Waals surface area contributed by atoms with Crippen molar-refractivity contribution >= 4 is 6.09 Å². The third-order valence-electron chi connectivity index (χ3n) is 2.39. The van der Waals surface area contributed by atoms with Gasteiger partial charge in [0.05, 0.1) is 5.56 Å². The summed E-state index contributed by atoms with van der Waals surface area (Å²) in [6, 6.07) is 0. The van der Waals surface area contributed by atoms with Crippen LogP contribution >= 0.6 is 0 Å². The molecule has 1 heterocycles. The Kier molecular flexibility index (Phi) is 5.28. The predicted molar refractivity (Wildman–Crippen MR) is 72.9 cm³/mol. The summed E-state index contributed by atoms with van der Waals surface area (Å²) in [6.07, 6.45) is -2.77. The van der Waals surface area contributed by atoms with E-state index in [0.29, 0.717) is 0 Å². The first-order valence-electron chi connectivity index (χ1n) is 6.25. The Bertz CT molecular complexity index is 600. The fraction of sp³-hybridized carbons (Fsp3) is 0.583. The molecule has 0 aliphatic heterocycles. The zero-order valence-corrected chi connectivity index (χ0v) is 12.0. The maximum absolute atomic E-state index is 11.5. The number of aromatic amines is 2. The second kappa shape index (κ2) is 6.55. The Morgan fingerprint density at radius 3 is 2.52 bits per heavy atom. The first-order chi connectivity index (χ1) is 9.60. The molecule has 0 saturated heterocycles. The lowest BCUT2D eigenvalue weighted by Crippen LogP contribution is -2.40. The van der Waals surface area contributed by atoms with Crippen molar-refractivity contribution in [2.45, 2.75) is 38.6 Å². The third kappa shape index (κ3) is 5.40. The first kappa shape index (κ1) is 16.9. The number of alkyl carbamates (subject to hydrolysis) is 1. The average molecular weight is 301 g/mol. The number of hydrogen-bond acceptors (Lipinski definition) is 6. The molecule has 0 fully saturated rings. The van der Waals surface area contributed by atoms with E-state index in [9.17, 15) is 24.6 Å². The maximum atomic E-state index is 11.5. The zero-order chi connectivity index (χ0) is 16.2. The van der Waals surface area contributed by atoms with Gasteiger partial charge in [-0.2, -0.15) is 0 Å². The molecule has 0 aliphatic carbocycles. The summed E-state index contributed by atoms with van der Waals surface area (Å²) in [4.78, 5) is 37.8. The van der Waals surface area contributed by atoms with E-state index in [0.717, 1.165) is 6.20 Å². The van der Waals surface area contributed by atoms with E-state index in [2.05, 4.69) is 10.3 Å². The van der Waals surface area contributed by atoms with Crippen LogP contribution in [-0.2, 0) is 4.74 Å². The van der Waals surface area contributed by atoms with E-state index in [1.54, 1.807) is 20.8 Å². The molecule has 118 valence electrons. The lowest BCUT2D eigenvalue weighted by Gasteiger charge is -2.21. The Labute approximate surface area is 120 Å². The van der Waals surface area contributed by atoms with Gasteiger partial charge in [0, 0.05) is 12.7 Å². The molecule has 0 aromatic carbocycles. The highest BCUT2D eigenvalue weighted by Crippen LogP contribution is 2.11. The van der Waals surface area contributed by atoms with Crippen LogP contribution in [0.25, 0.3) is 0 Å². The molecule has 0 spiro atoms. The predicted octanol–water partition coefficient (Wildman–Crippen LogP) is -1.02. The molecule has 2 unspecified atom stereocenters. The molecule has 0 saturated carbocycles. The average Bonchev–Trinajstić information content (AvgIpc) is 2.33.